The molecule has 0 unspecified atom stereocenters. The number of rotatable bonds is 15. The molecule has 0 aliphatic carbocycles. The number of aromatic nitrogens is 1. The Labute approximate surface area is 313 Å². The highest BCUT2D eigenvalue weighted by Gasteiger charge is 2.44. The van der Waals surface area contributed by atoms with E-state index in [2.05, 4.69) is 15.6 Å². The summed E-state index contributed by atoms with van der Waals surface area (Å²) < 4.78 is 0. The molecule has 0 bridgehead atoms. The van der Waals surface area contributed by atoms with Crippen LogP contribution in [-0.4, -0.2) is 104 Å². The second-order valence-corrected chi connectivity index (χ2v) is 16.2. The topological polar surface area (TPSA) is 155 Å². The zero-order chi connectivity index (χ0) is 38.9. The SMILES string of the molecule is CN(C(=O)O)[C@H](C(=O)N[C@@H](Cc1ccccc1)[C@@H](O)C[C@H](Cc1ccccc1)NC(=O)[C@@H](N1CCN(Cc2cccnc2)C1=O)C(C)(C)C)C(C)(C)C. The van der Waals surface area contributed by atoms with Crippen LogP contribution in [0.15, 0.2) is 85.2 Å². The number of nitrogens with zero attached hydrogens (tertiary/aromatic N) is 4. The zero-order valence-corrected chi connectivity index (χ0v) is 32.0. The largest absolute Gasteiger partial charge is 0.465 e. The van der Waals surface area contributed by atoms with Crippen LogP contribution < -0.4 is 10.6 Å². The van der Waals surface area contributed by atoms with E-state index in [1.807, 2.05) is 93.6 Å². The average Bonchev–Trinajstić information content (AvgIpc) is 3.42. The van der Waals surface area contributed by atoms with Gasteiger partial charge in [-0.05, 0) is 52.8 Å². The summed E-state index contributed by atoms with van der Waals surface area (Å²) >= 11 is 0. The second kappa shape index (κ2) is 17.7. The van der Waals surface area contributed by atoms with Gasteiger partial charge in [0.15, 0.2) is 0 Å². The molecule has 1 fully saturated rings. The predicted molar refractivity (Wildman–Crippen MR) is 204 cm³/mol. The number of likely N-dealkylation sites (N-methyl/N-ethyl adjacent to an activating group) is 1. The number of hydrogen-bond acceptors (Lipinski definition) is 6. The third kappa shape index (κ3) is 11.3. The van der Waals surface area contributed by atoms with E-state index < -0.39 is 53.1 Å². The van der Waals surface area contributed by atoms with Gasteiger partial charge >= 0.3 is 12.1 Å². The second-order valence-electron chi connectivity index (χ2n) is 16.2. The van der Waals surface area contributed by atoms with Crippen LogP contribution in [0.1, 0.15) is 64.7 Å². The molecule has 1 aromatic heterocycles. The molecule has 12 nitrogen and oxygen atoms in total. The molecule has 1 saturated heterocycles. The summed E-state index contributed by atoms with van der Waals surface area (Å²) in [6.45, 7) is 12.4. The molecule has 4 N–H and O–H groups in total. The van der Waals surface area contributed by atoms with Crippen LogP contribution >= 0.6 is 0 Å². The van der Waals surface area contributed by atoms with Gasteiger partial charge in [-0.1, -0.05) is 108 Å². The van der Waals surface area contributed by atoms with Crippen molar-refractivity contribution < 1.29 is 29.4 Å². The lowest BCUT2D eigenvalue weighted by Crippen LogP contribution is -2.59. The number of carboxylic acid groups (broad SMARTS) is 1. The predicted octanol–water partition coefficient (Wildman–Crippen LogP) is 4.96. The summed E-state index contributed by atoms with van der Waals surface area (Å²) in [5.41, 5.74) is 1.34. The highest BCUT2D eigenvalue weighted by atomic mass is 16.4. The smallest absolute Gasteiger partial charge is 0.407 e. The van der Waals surface area contributed by atoms with Crippen molar-refractivity contribution in [2.45, 2.75) is 97.6 Å². The minimum absolute atomic E-state index is 0.0747. The van der Waals surface area contributed by atoms with Crippen molar-refractivity contribution in [2.24, 2.45) is 10.8 Å². The van der Waals surface area contributed by atoms with Crippen molar-refractivity contribution in [3.05, 3.63) is 102 Å². The first-order valence-electron chi connectivity index (χ1n) is 18.2. The Hall–Kier alpha value is -4.97. The molecule has 3 aromatic rings. The van der Waals surface area contributed by atoms with Crippen molar-refractivity contribution >= 4 is 23.9 Å². The van der Waals surface area contributed by atoms with E-state index in [1.54, 1.807) is 43.0 Å². The number of carbonyl (C=O) groups is 4. The van der Waals surface area contributed by atoms with E-state index in [-0.39, 0.29) is 24.8 Å². The lowest BCUT2D eigenvalue weighted by Gasteiger charge is -2.38. The minimum atomic E-state index is -1.24. The molecule has 286 valence electrons. The van der Waals surface area contributed by atoms with Crippen LogP contribution in [0.2, 0.25) is 0 Å². The van der Waals surface area contributed by atoms with Gasteiger partial charge in [-0.3, -0.25) is 19.5 Å². The maximum absolute atomic E-state index is 14.4. The fourth-order valence-corrected chi connectivity index (χ4v) is 7.20. The Morgan fingerprint density at radius 3 is 1.92 bits per heavy atom. The normalized spacial score (nSPS) is 16.3. The average molecular weight is 729 g/mol. The van der Waals surface area contributed by atoms with E-state index in [9.17, 15) is 29.4 Å². The molecule has 0 spiro atoms. The number of amides is 5. The molecule has 53 heavy (non-hydrogen) atoms. The molecular weight excluding hydrogens is 672 g/mol. The van der Waals surface area contributed by atoms with Gasteiger partial charge in [0.2, 0.25) is 11.8 Å². The molecule has 5 amide bonds. The van der Waals surface area contributed by atoms with E-state index in [0.717, 1.165) is 21.6 Å². The van der Waals surface area contributed by atoms with E-state index in [4.69, 9.17) is 0 Å². The summed E-state index contributed by atoms with van der Waals surface area (Å²) in [5, 5.41) is 27.9. The Morgan fingerprint density at radius 2 is 1.40 bits per heavy atom. The number of carbonyl (C=O) groups excluding carboxylic acids is 3. The minimum Gasteiger partial charge on any atom is -0.465 e. The molecular formula is C41H56N6O6. The Bertz CT molecular complexity index is 1660. The first kappa shape index (κ1) is 40.8. The first-order chi connectivity index (χ1) is 25.0. The molecule has 0 saturated carbocycles. The molecule has 4 rings (SSSR count). The standard InChI is InChI=1S/C41H56N6O6/c1-40(2,3)34(45(7)39(52)53)36(49)44-32(24-29-17-12-9-13-18-29)33(48)25-31(23-28-15-10-8-11-16-28)43-37(50)35(41(4,5)6)47-22-21-46(38(47)51)27-30-19-14-20-42-26-30/h8-20,26,31-35,48H,21-25,27H2,1-7H3,(H,43,50)(H,44,49)(H,52,53)/t31-,32-,33-,34+,35+/m0/s1. The van der Waals surface area contributed by atoms with Crippen LogP contribution in [0.3, 0.4) is 0 Å². The lowest BCUT2D eigenvalue weighted by molar-refractivity contribution is -0.131. The number of nitrogens with one attached hydrogen (secondary N) is 2. The quantitative estimate of drug-likeness (QED) is 0.172. The fraction of sp³-hybridized carbons (Fsp3) is 0.488. The molecule has 5 atom stereocenters. The van der Waals surface area contributed by atoms with Crippen molar-refractivity contribution in [1.82, 2.24) is 30.3 Å². The maximum atomic E-state index is 14.4. The highest BCUT2D eigenvalue weighted by molar-refractivity contribution is 5.89. The van der Waals surface area contributed by atoms with Crippen molar-refractivity contribution in [2.75, 3.05) is 20.1 Å². The van der Waals surface area contributed by atoms with Gasteiger partial charge in [-0.15, -0.1) is 0 Å². The van der Waals surface area contributed by atoms with E-state index >= 15 is 0 Å². The molecule has 2 aromatic carbocycles. The van der Waals surface area contributed by atoms with Gasteiger partial charge in [0, 0.05) is 45.1 Å². The number of pyridine rings is 1. The van der Waals surface area contributed by atoms with Crippen LogP contribution in [0.4, 0.5) is 9.59 Å². The van der Waals surface area contributed by atoms with Crippen molar-refractivity contribution in [1.29, 1.82) is 0 Å². The first-order valence-corrected chi connectivity index (χ1v) is 18.2. The van der Waals surface area contributed by atoms with Crippen LogP contribution in [0.25, 0.3) is 0 Å². The van der Waals surface area contributed by atoms with Gasteiger partial charge < -0.3 is 30.6 Å². The van der Waals surface area contributed by atoms with Gasteiger partial charge in [0.1, 0.15) is 12.1 Å². The number of hydrogen-bond donors (Lipinski definition) is 4. The highest BCUT2D eigenvalue weighted by Crippen LogP contribution is 2.29. The molecule has 0 radical (unpaired) electrons. The van der Waals surface area contributed by atoms with Gasteiger partial charge in [-0.2, -0.15) is 0 Å². The van der Waals surface area contributed by atoms with E-state index in [1.165, 1.54) is 7.05 Å². The third-order valence-electron chi connectivity index (χ3n) is 9.65. The summed E-state index contributed by atoms with van der Waals surface area (Å²) in [6, 6.07) is 19.3. The Kier molecular flexibility index (Phi) is 13.6. The monoisotopic (exact) mass is 728 g/mol. The van der Waals surface area contributed by atoms with Gasteiger partial charge in [-0.25, -0.2) is 9.59 Å². The Morgan fingerprint density at radius 1 is 0.811 bits per heavy atom. The Balaban J connectivity index is 1.61. The van der Waals surface area contributed by atoms with Gasteiger partial charge in [0.25, 0.3) is 0 Å². The number of benzene rings is 2. The third-order valence-corrected chi connectivity index (χ3v) is 9.65. The fourth-order valence-electron chi connectivity index (χ4n) is 7.20. The van der Waals surface area contributed by atoms with Crippen molar-refractivity contribution in [3.8, 4) is 0 Å². The lowest BCUT2D eigenvalue weighted by atomic mass is 9.84. The number of urea groups is 1. The summed E-state index contributed by atoms with van der Waals surface area (Å²) in [7, 11) is 1.36. The van der Waals surface area contributed by atoms with Crippen molar-refractivity contribution in [3.63, 3.8) is 0 Å². The van der Waals surface area contributed by atoms with E-state index in [0.29, 0.717) is 26.1 Å². The van der Waals surface area contributed by atoms with Crippen LogP contribution in [-0.2, 0) is 29.0 Å². The number of aliphatic hydroxyl groups is 1. The summed E-state index contributed by atoms with van der Waals surface area (Å²) in [6.07, 6.45) is 1.77. The van der Waals surface area contributed by atoms with Crippen LogP contribution in [0, 0.1) is 10.8 Å². The van der Waals surface area contributed by atoms with Gasteiger partial charge in [0.05, 0.1) is 12.1 Å². The van der Waals surface area contributed by atoms with Crippen LogP contribution in [0.5, 0.6) is 0 Å². The molecule has 1 aliphatic rings. The number of aliphatic hydroxyl groups excluding tert-OH is 1. The summed E-state index contributed by atoms with van der Waals surface area (Å²) in [4.78, 5) is 62.5. The maximum Gasteiger partial charge on any atom is 0.407 e. The molecule has 1 aliphatic heterocycles. The zero-order valence-electron chi connectivity index (χ0n) is 32.0. The molecule has 12 heteroatoms. The summed E-state index contributed by atoms with van der Waals surface area (Å²) in [5.74, 6) is -0.857. The molecule has 2 heterocycles.